The molecule has 5 aromatic rings. The predicted octanol–water partition coefficient (Wildman–Crippen LogP) is 10.3. The molecule has 0 aliphatic heterocycles. The Labute approximate surface area is 288 Å². The second-order valence-electron chi connectivity index (χ2n) is 12.7. The van der Waals surface area contributed by atoms with Crippen molar-refractivity contribution in [3.05, 3.63) is 96.4 Å². The van der Waals surface area contributed by atoms with Gasteiger partial charge in [-0.3, -0.25) is 9.78 Å². The van der Waals surface area contributed by atoms with Gasteiger partial charge in [-0.05, 0) is 58.9 Å². The molecule has 4 aromatic carbocycles. The van der Waals surface area contributed by atoms with Crippen molar-refractivity contribution >= 4 is 51.4 Å². The average molecular weight is 806 g/mol. The number of benzene rings is 4. The molecule has 0 saturated carbocycles. The second-order valence-corrected chi connectivity index (χ2v) is 17.8. The first kappa shape index (κ1) is 36.8. The monoisotopic (exact) mass is 806 g/mol. The molecule has 5 rings (SSSR count). The fourth-order valence-corrected chi connectivity index (χ4v) is 7.74. The van der Waals surface area contributed by atoms with Crippen LogP contribution in [0.3, 0.4) is 0 Å². The molecule has 1 radical (unpaired) electrons. The van der Waals surface area contributed by atoms with Gasteiger partial charge in [0, 0.05) is 49.9 Å². The number of carbonyl (C=O) groups excluding carboxylic acids is 1. The number of aromatic nitrogens is 1. The van der Waals surface area contributed by atoms with Gasteiger partial charge in [0.25, 0.3) is 0 Å². The Morgan fingerprint density at radius 3 is 2.09 bits per heavy atom. The fraction of sp³-hybridized carbons (Fsp3) is 0.325. The van der Waals surface area contributed by atoms with Gasteiger partial charge in [0.05, 0.1) is 19.9 Å². The number of hydrogen-bond donors (Lipinski definition) is 1. The normalized spacial score (nSPS) is 11.8. The Bertz CT molecular complexity index is 1890. The van der Waals surface area contributed by atoms with Crippen LogP contribution in [0.4, 0.5) is 0 Å². The third-order valence-corrected chi connectivity index (χ3v) is 10.9. The van der Waals surface area contributed by atoms with Crippen molar-refractivity contribution in [1.29, 1.82) is 5.26 Å². The molecule has 46 heavy (non-hydrogen) atoms. The summed E-state index contributed by atoms with van der Waals surface area (Å²) >= 11 is 0. The number of aliphatic hydroxyl groups is 1. The molecular formula is C40H45IrN2O2Si-. The van der Waals surface area contributed by atoms with Gasteiger partial charge in [0.2, 0.25) is 0 Å². The standard InChI is InChI=1S/C27H21N2Si.C13H24O2.Ir/c1-30(2,3)26-10-6-9-22-23-13-14-29-27(25(23)12-11-24(22)26)19-15-18-7-4-5-8-21(18)20(16-19)17-28;1-5-10(6-2)12(14)9-13(15)11(7-3)8-4;/h4-14,16H,1-3H3;9-11,14H,5-8H2,1-4H3;/q-1;;/b;12-9-;. The molecule has 1 N–H and O–H groups in total. The number of carbonyl (C=O) groups is 1. The molecule has 4 nitrogen and oxygen atoms in total. The van der Waals surface area contributed by atoms with Crippen LogP contribution in [0.5, 0.6) is 0 Å². The number of nitrogens with zero attached hydrogens (tertiary/aromatic N) is 2. The zero-order chi connectivity index (χ0) is 32.7. The molecule has 0 aliphatic carbocycles. The van der Waals surface area contributed by atoms with Crippen LogP contribution in [0.15, 0.2) is 84.8 Å². The summed E-state index contributed by atoms with van der Waals surface area (Å²) in [5, 5.41) is 27.7. The number of aliphatic hydroxyl groups excluding tert-OH is 1. The van der Waals surface area contributed by atoms with E-state index in [0.29, 0.717) is 5.56 Å². The number of allylic oxidation sites excluding steroid dienone is 2. The first-order valence-corrected chi connectivity index (χ1v) is 19.7. The molecule has 0 saturated heterocycles. The number of ketones is 1. The molecule has 6 heteroatoms. The topological polar surface area (TPSA) is 74.0 Å². The van der Waals surface area contributed by atoms with Gasteiger partial charge >= 0.3 is 0 Å². The SMILES string of the molecule is CCC(CC)C(=O)/C=C(\O)C(CC)CC.C[Si](C)(C)c1cccc2c1ccc1c(-c3[c-]c4ccccc4c(C#N)c3)nccc12.[Ir]. The summed E-state index contributed by atoms with van der Waals surface area (Å²) in [7, 11) is -1.46. The van der Waals surface area contributed by atoms with E-state index in [2.05, 4.69) is 68.2 Å². The Hall–Kier alpha value is -3.62. The maximum Gasteiger partial charge on any atom is 0.162 e. The van der Waals surface area contributed by atoms with Gasteiger partial charge in [-0.2, -0.15) is 5.26 Å². The molecule has 0 amide bonds. The summed E-state index contributed by atoms with van der Waals surface area (Å²) in [4.78, 5) is 16.4. The van der Waals surface area contributed by atoms with Crippen LogP contribution in [-0.4, -0.2) is 23.9 Å². The van der Waals surface area contributed by atoms with Crippen molar-refractivity contribution in [1.82, 2.24) is 4.98 Å². The first-order valence-electron chi connectivity index (χ1n) is 16.2. The van der Waals surface area contributed by atoms with E-state index < -0.39 is 8.07 Å². The third-order valence-electron chi connectivity index (χ3n) is 8.84. The van der Waals surface area contributed by atoms with Crippen LogP contribution in [0.2, 0.25) is 19.6 Å². The van der Waals surface area contributed by atoms with Crippen LogP contribution >= 0.6 is 0 Å². The number of pyridine rings is 1. The zero-order valence-corrected chi connectivity index (χ0v) is 31.5. The average Bonchev–Trinajstić information content (AvgIpc) is 3.04. The van der Waals surface area contributed by atoms with Crippen molar-refractivity contribution in [2.24, 2.45) is 11.8 Å². The maximum atomic E-state index is 11.7. The van der Waals surface area contributed by atoms with E-state index in [0.717, 1.165) is 53.1 Å². The summed E-state index contributed by atoms with van der Waals surface area (Å²) in [6, 6.07) is 28.8. The Morgan fingerprint density at radius 2 is 1.46 bits per heavy atom. The summed E-state index contributed by atoms with van der Waals surface area (Å²) < 4.78 is 0. The minimum absolute atomic E-state index is 0. The Kier molecular flexibility index (Phi) is 13.0. The summed E-state index contributed by atoms with van der Waals surface area (Å²) in [5.74, 6) is 0.547. The van der Waals surface area contributed by atoms with E-state index in [-0.39, 0.29) is 43.5 Å². The van der Waals surface area contributed by atoms with Gasteiger partial charge in [-0.1, -0.05) is 112 Å². The third kappa shape index (κ3) is 8.02. The summed E-state index contributed by atoms with van der Waals surface area (Å²) in [6.07, 6.45) is 6.77. The van der Waals surface area contributed by atoms with Crippen molar-refractivity contribution in [3.63, 3.8) is 0 Å². The van der Waals surface area contributed by atoms with E-state index in [1.54, 1.807) is 0 Å². The number of rotatable bonds is 9. The first-order chi connectivity index (χ1) is 21.6. The Balaban J connectivity index is 0.000000309. The van der Waals surface area contributed by atoms with Gasteiger partial charge in [-0.15, -0.1) is 23.6 Å². The minimum Gasteiger partial charge on any atom is -0.512 e. The molecule has 0 fully saturated rings. The van der Waals surface area contributed by atoms with Crippen molar-refractivity contribution in [3.8, 4) is 17.3 Å². The molecule has 0 unspecified atom stereocenters. The Morgan fingerprint density at radius 1 is 0.848 bits per heavy atom. The molecule has 1 aromatic heterocycles. The molecule has 0 atom stereocenters. The smallest absolute Gasteiger partial charge is 0.162 e. The van der Waals surface area contributed by atoms with Crippen molar-refractivity contribution < 1.29 is 30.0 Å². The van der Waals surface area contributed by atoms with E-state index >= 15 is 0 Å². The molecule has 1 heterocycles. The van der Waals surface area contributed by atoms with E-state index in [4.69, 9.17) is 4.98 Å². The summed E-state index contributed by atoms with van der Waals surface area (Å²) in [6.45, 7) is 15.2. The van der Waals surface area contributed by atoms with Gasteiger partial charge in [-0.25, -0.2) is 0 Å². The van der Waals surface area contributed by atoms with E-state index in [1.807, 2.05) is 64.2 Å². The van der Waals surface area contributed by atoms with Crippen LogP contribution in [0.1, 0.15) is 58.9 Å². The number of hydrogen-bond acceptors (Lipinski definition) is 4. The van der Waals surface area contributed by atoms with Crippen molar-refractivity contribution in [2.45, 2.75) is 73.0 Å². The van der Waals surface area contributed by atoms with Gasteiger partial charge in [0.1, 0.15) is 0 Å². The van der Waals surface area contributed by atoms with Crippen LogP contribution < -0.4 is 5.19 Å². The van der Waals surface area contributed by atoms with Crippen molar-refractivity contribution in [2.75, 3.05) is 0 Å². The quantitative estimate of drug-likeness (QED) is 0.0529. The van der Waals surface area contributed by atoms with E-state index in [9.17, 15) is 15.2 Å². The van der Waals surface area contributed by atoms with Crippen LogP contribution in [0, 0.1) is 29.2 Å². The molecule has 0 bridgehead atoms. The largest absolute Gasteiger partial charge is 0.512 e. The second kappa shape index (κ2) is 16.3. The van der Waals surface area contributed by atoms with Crippen LogP contribution in [-0.2, 0) is 24.9 Å². The maximum absolute atomic E-state index is 11.7. The molecule has 0 spiro atoms. The molecular weight excluding hydrogens is 761 g/mol. The number of nitriles is 1. The fourth-order valence-electron chi connectivity index (χ4n) is 6.12. The minimum atomic E-state index is -1.46. The summed E-state index contributed by atoms with van der Waals surface area (Å²) in [5.41, 5.74) is 2.38. The predicted molar refractivity (Wildman–Crippen MR) is 193 cm³/mol. The number of fused-ring (bicyclic) bond motifs is 4. The molecule has 0 aliphatic rings. The zero-order valence-electron chi connectivity index (χ0n) is 28.1. The van der Waals surface area contributed by atoms with Crippen LogP contribution in [0.25, 0.3) is 43.6 Å². The van der Waals surface area contributed by atoms with E-state index in [1.165, 1.54) is 27.4 Å². The molecule has 241 valence electrons. The van der Waals surface area contributed by atoms with Gasteiger partial charge in [0.15, 0.2) is 5.78 Å². The van der Waals surface area contributed by atoms with Gasteiger partial charge < -0.3 is 5.11 Å².